The highest BCUT2D eigenvalue weighted by Crippen LogP contribution is 2.24. The van der Waals surface area contributed by atoms with Crippen LogP contribution in [-0.2, 0) is 19.6 Å². The van der Waals surface area contributed by atoms with Gasteiger partial charge in [0.25, 0.3) is 0 Å². The van der Waals surface area contributed by atoms with E-state index in [1.165, 1.54) is 0 Å². The summed E-state index contributed by atoms with van der Waals surface area (Å²) in [5, 5.41) is 14.3. The van der Waals surface area contributed by atoms with Crippen molar-refractivity contribution in [3.05, 3.63) is 53.6 Å². The summed E-state index contributed by atoms with van der Waals surface area (Å²) < 4.78 is 2.22. The molecule has 118 valence electrons. The second kappa shape index (κ2) is 5.66. The molecule has 1 aliphatic heterocycles. The lowest BCUT2D eigenvalue weighted by Gasteiger charge is -2.26. The number of nitrogens with one attached hydrogen (secondary N) is 1. The Kier molecular flexibility index (Phi) is 3.50. The molecular weight excluding hydrogens is 288 g/mol. The van der Waals surface area contributed by atoms with E-state index in [0.717, 1.165) is 53.2 Å². The van der Waals surface area contributed by atoms with Crippen molar-refractivity contribution < 1.29 is 5.11 Å². The van der Waals surface area contributed by atoms with Gasteiger partial charge in [-0.05, 0) is 25.5 Å². The fourth-order valence-electron chi connectivity index (χ4n) is 3.30. The average Bonchev–Trinajstić information content (AvgIpc) is 2.93. The first-order valence-electron chi connectivity index (χ1n) is 8.01. The molecule has 5 nitrogen and oxygen atoms in total. The molecule has 2 aromatic heterocycles. The van der Waals surface area contributed by atoms with Gasteiger partial charge in [0, 0.05) is 36.2 Å². The van der Waals surface area contributed by atoms with E-state index in [1.54, 1.807) is 0 Å². The molecule has 0 fully saturated rings. The Balaban J connectivity index is 1.62. The Morgan fingerprint density at radius 2 is 2.17 bits per heavy atom. The maximum atomic E-state index is 9.67. The summed E-state index contributed by atoms with van der Waals surface area (Å²) in [7, 11) is 0. The van der Waals surface area contributed by atoms with Crippen LogP contribution in [0.1, 0.15) is 23.5 Å². The lowest BCUT2D eigenvalue weighted by Crippen LogP contribution is -2.31. The zero-order valence-corrected chi connectivity index (χ0v) is 13.2. The standard InChI is InChI=1S/C18H20N4O/c1-12-9-22-10-15(6-7-17(22)19-12)20-18-14(11-23)8-13-4-2-3-5-16(13)21-18/h2-5,8-9,15,23H,6-7,10-11H2,1H3,(H,20,21). The van der Waals surface area contributed by atoms with Gasteiger partial charge in [-0.2, -0.15) is 0 Å². The molecule has 1 aromatic carbocycles. The van der Waals surface area contributed by atoms with E-state index in [1.807, 2.05) is 37.3 Å². The fraction of sp³-hybridized carbons (Fsp3) is 0.333. The van der Waals surface area contributed by atoms with Gasteiger partial charge in [0.15, 0.2) is 0 Å². The predicted molar refractivity (Wildman–Crippen MR) is 90.4 cm³/mol. The molecule has 3 aromatic rings. The Hall–Kier alpha value is -2.40. The smallest absolute Gasteiger partial charge is 0.132 e. The molecule has 1 atom stereocenters. The second-order valence-electron chi connectivity index (χ2n) is 6.18. The number of aromatic nitrogens is 3. The maximum absolute atomic E-state index is 9.67. The number of fused-ring (bicyclic) bond motifs is 2. The normalized spacial score (nSPS) is 17.2. The first kappa shape index (κ1) is 14.2. The van der Waals surface area contributed by atoms with E-state index in [2.05, 4.69) is 21.1 Å². The molecule has 0 saturated heterocycles. The average molecular weight is 308 g/mol. The summed E-state index contributed by atoms with van der Waals surface area (Å²) in [4.78, 5) is 9.25. The fourth-order valence-corrected chi connectivity index (χ4v) is 3.30. The maximum Gasteiger partial charge on any atom is 0.132 e. The highest BCUT2D eigenvalue weighted by molar-refractivity contribution is 5.81. The largest absolute Gasteiger partial charge is 0.392 e. The van der Waals surface area contributed by atoms with Crippen molar-refractivity contribution in [1.82, 2.24) is 14.5 Å². The third-order valence-corrected chi connectivity index (χ3v) is 4.43. The number of hydrogen-bond donors (Lipinski definition) is 2. The third-order valence-electron chi connectivity index (χ3n) is 4.43. The van der Waals surface area contributed by atoms with E-state index < -0.39 is 0 Å². The van der Waals surface area contributed by atoms with Crippen LogP contribution in [0.15, 0.2) is 36.5 Å². The van der Waals surface area contributed by atoms with Gasteiger partial charge in [0.2, 0.25) is 0 Å². The quantitative estimate of drug-likeness (QED) is 0.781. The van der Waals surface area contributed by atoms with Crippen molar-refractivity contribution in [1.29, 1.82) is 0 Å². The van der Waals surface area contributed by atoms with Crippen molar-refractivity contribution in [2.75, 3.05) is 5.32 Å². The Morgan fingerprint density at radius 3 is 3.04 bits per heavy atom. The Bertz CT molecular complexity index is 855. The van der Waals surface area contributed by atoms with Crippen molar-refractivity contribution in [2.24, 2.45) is 0 Å². The number of imidazole rings is 1. The number of nitrogens with zero attached hydrogens (tertiary/aromatic N) is 3. The predicted octanol–water partition coefficient (Wildman–Crippen LogP) is 2.66. The van der Waals surface area contributed by atoms with Gasteiger partial charge in [-0.15, -0.1) is 0 Å². The molecule has 0 saturated carbocycles. The summed E-state index contributed by atoms with van der Waals surface area (Å²) in [6.45, 7) is 2.90. The zero-order valence-electron chi connectivity index (χ0n) is 13.2. The van der Waals surface area contributed by atoms with Crippen molar-refractivity contribution in [2.45, 2.75) is 39.0 Å². The van der Waals surface area contributed by atoms with Crippen LogP contribution in [0.25, 0.3) is 10.9 Å². The van der Waals surface area contributed by atoms with Gasteiger partial charge >= 0.3 is 0 Å². The van der Waals surface area contributed by atoms with Gasteiger partial charge in [0.1, 0.15) is 11.6 Å². The van der Waals surface area contributed by atoms with Crippen LogP contribution in [0, 0.1) is 6.92 Å². The molecular formula is C18H20N4O. The molecule has 0 spiro atoms. The van der Waals surface area contributed by atoms with E-state index >= 15 is 0 Å². The number of aliphatic hydroxyl groups excluding tert-OH is 1. The number of rotatable bonds is 3. The molecule has 2 N–H and O–H groups in total. The minimum absolute atomic E-state index is 0.0116. The molecule has 0 radical (unpaired) electrons. The lowest BCUT2D eigenvalue weighted by molar-refractivity contribution is 0.282. The molecule has 4 rings (SSSR count). The molecule has 0 amide bonds. The van der Waals surface area contributed by atoms with Crippen LogP contribution in [0.2, 0.25) is 0 Å². The minimum Gasteiger partial charge on any atom is -0.392 e. The van der Waals surface area contributed by atoms with Crippen molar-refractivity contribution in [3.63, 3.8) is 0 Å². The zero-order chi connectivity index (χ0) is 15.8. The monoisotopic (exact) mass is 308 g/mol. The van der Waals surface area contributed by atoms with Crippen LogP contribution < -0.4 is 5.32 Å². The summed E-state index contributed by atoms with van der Waals surface area (Å²) >= 11 is 0. The van der Waals surface area contributed by atoms with Crippen molar-refractivity contribution in [3.8, 4) is 0 Å². The van der Waals surface area contributed by atoms with Gasteiger partial charge in [-0.3, -0.25) is 0 Å². The van der Waals surface area contributed by atoms with E-state index in [4.69, 9.17) is 4.98 Å². The first-order chi connectivity index (χ1) is 11.2. The molecule has 0 aliphatic carbocycles. The van der Waals surface area contributed by atoms with Gasteiger partial charge in [-0.25, -0.2) is 9.97 Å². The molecule has 5 heteroatoms. The summed E-state index contributed by atoms with van der Waals surface area (Å²) in [5.41, 5.74) is 2.86. The van der Waals surface area contributed by atoms with E-state index in [0.29, 0.717) is 6.04 Å². The molecule has 1 aliphatic rings. The van der Waals surface area contributed by atoms with Gasteiger partial charge in [0.05, 0.1) is 17.8 Å². The summed E-state index contributed by atoms with van der Waals surface area (Å²) in [5.74, 6) is 1.95. The number of benzene rings is 1. The lowest BCUT2D eigenvalue weighted by atomic mass is 10.1. The Morgan fingerprint density at radius 1 is 1.30 bits per heavy atom. The van der Waals surface area contributed by atoms with Crippen LogP contribution in [0.3, 0.4) is 0 Å². The van der Waals surface area contributed by atoms with Gasteiger partial charge < -0.3 is 15.0 Å². The second-order valence-corrected chi connectivity index (χ2v) is 6.18. The molecule has 0 bridgehead atoms. The van der Waals surface area contributed by atoms with Gasteiger partial charge in [-0.1, -0.05) is 18.2 Å². The number of para-hydroxylation sites is 1. The number of hydrogen-bond acceptors (Lipinski definition) is 4. The first-order valence-corrected chi connectivity index (χ1v) is 8.01. The molecule has 3 heterocycles. The van der Waals surface area contributed by atoms with E-state index in [-0.39, 0.29) is 6.61 Å². The number of pyridine rings is 1. The van der Waals surface area contributed by atoms with Crippen LogP contribution >= 0.6 is 0 Å². The van der Waals surface area contributed by atoms with Crippen molar-refractivity contribution >= 4 is 16.7 Å². The Labute approximate surface area is 135 Å². The van der Waals surface area contributed by atoms with E-state index in [9.17, 15) is 5.11 Å². The number of aryl methyl sites for hydroxylation is 2. The number of anilines is 1. The third kappa shape index (κ3) is 2.68. The number of aliphatic hydroxyl groups is 1. The molecule has 1 unspecified atom stereocenters. The summed E-state index contributed by atoms with van der Waals surface area (Å²) in [6, 6.07) is 10.3. The highest BCUT2D eigenvalue weighted by Gasteiger charge is 2.21. The summed E-state index contributed by atoms with van der Waals surface area (Å²) in [6.07, 6.45) is 4.09. The SMILES string of the molecule is Cc1cn2c(n1)CCC(Nc1nc3ccccc3cc1CO)C2. The van der Waals surface area contributed by atoms with Crippen LogP contribution in [0.4, 0.5) is 5.82 Å². The molecule has 23 heavy (non-hydrogen) atoms. The van der Waals surface area contributed by atoms with Crippen LogP contribution in [0.5, 0.6) is 0 Å². The topological polar surface area (TPSA) is 63.0 Å². The minimum atomic E-state index is -0.0116. The highest BCUT2D eigenvalue weighted by atomic mass is 16.3. The van der Waals surface area contributed by atoms with Crippen LogP contribution in [-0.4, -0.2) is 25.7 Å².